The number of alkyl halides is 1. The number of benzene rings is 3. The summed E-state index contributed by atoms with van der Waals surface area (Å²) < 4.78 is 64.3. The van der Waals surface area contributed by atoms with E-state index >= 15 is 13.2 Å². The molecule has 378 valence electrons. The maximum atomic E-state index is 16.1. The van der Waals surface area contributed by atoms with Crippen molar-refractivity contribution in [2.45, 2.75) is 129 Å². The summed E-state index contributed by atoms with van der Waals surface area (Å²) in [5.41, 5.74) is 6.54. The Morgan fingerprint density at radius 2 is 1.64 bits per heavy atom. The Labute approximate surface area is 414 Å². The van der Waals surface area contributed by atoms with Gasteiger partial charge in [0.25, 0.3) is 0 Å². The van der Waals surface area contributed by atoms with Gasteiger partial charge < -0.3 is 34.9 Å². The molecule has 5 atom stereocenters. The summed E-state index contributed by atoms with van der Waals surface area (Å²) in [6, 6.07) is 15.6. The highest BCUT2D eigenvalue weighted by Gasteiger charge is 2.45. The van der Waals surface area contributed by atoms with Crippen molar-refractivity contribution in [2.75, 3.05) is 46.1 Å². The number of halogens is 3. The fraction of sp³-hybridized carbons (Fsp3) is 0.519. The summed E-state index contributed by atoms with van der Waals surface area (Å²) in [5.74, 6) is -2.69. The molecule has 2 aliphatic heterocycles. The number of aliphatic hydroxyl groups is 1. The van der Waals surface area contributed by atoms with E-state index in [1.807, 2.05) is 82.0 Å². The summed E-state index contributed by atoms with van der Waals surface area (Å²) >= 11 is 1.56. The van der Waals surface area contributed by atoms with Gasteiger partial charge in [0.15, 0.2) is 0 Å². The van der Waals surface area contributed by atoms with E-state index in [4.69, 9.17) is 14.2 Å². The highest BCUT2D eigenvalue weighted by molar-refractivity contribution is 7.13. The Morgan fingerprint density at radius 3 is 2.33 bits per heavy atom. The molecule has 16 heteroatoms. The van der Waals surface area contributed by atoms with Crippen molar-refractivity contribution >= 4 is 34.6 Å². The number of amides is 3. The molecule has 3 aromatic carbocycles. The number of thiazole rings is 1. The SMILES string of the molecule is Cc1ncsc1-c1ccc(CNC(=O)[C@@H]2C[C@@H](O)CN2C(=O)[C@@H](NC(=O)COCCOCCCCCOc2cc(F)c([C@@H]3C4=C(C[C@@H](C)N3CC(C)(C)F)c3ccccc3C4)c(F)c2)C(C)(C)C)cc1. The number of likely N-dealkylation sites (tertiary alicyclic amines) is 1. The number of carbonyl (C=O) groups excluding carboxylic acids is 3. The molecule has 0 unspecified atom stereocenters. The Kier molecular flexibility index (Phi) is 17.3. The Morgan fingerprint density at radius 1 is 0.943 bits per heavy atom. The second kappa shape index (κ2) is 23.0. The molecule has 1 saturated heterocycles. The predicted octanol–water partition coefficient (Wildman–Crippen LogP) is 8.68. The number of ether oxygens (including phenoxy) is 3. The smallest absolute Gasteiger partial charge is 0.246 e. The van der Waals surface area contributed by atoms with Crippen LogP contribution in [0, 0.1) is 24.0 Å². The number of aliphatic hydroxyl groups excluding tert-OH is 1. The predicted molar refractivity (Wildman–Crippen MR) is 265 cm³/mol. The zero-order valence-electron chi connectivity index (χ0n) is 41.4. The van der Waals surface area contributed by atoms with Gasteiger partial charge in [-0.25, -0.2) is 18.2 Å². The number of β-amino-alcohol motifs (C(OH)–C–C–N with tert-alkyl or cyclic N) is 1. The first-order chi connectivity index (χ1) is 33.3. The number of hydrogen-bond donors (Lipinski definition) is 3. The quantitative estimate of drug-likeness (QED) is 0.0700. The maximum Gasteiger partial charge on any atom is 0.246 e. The maximum absolute atomic E-state index is 16.1. The monoisotopic (exact) mass is 987 g/mol. The van der Waals surface area contributed by atoms with Crippen LogP contribution in [0.3, 0.4) is 0 Å². The molecule has 3 aliphatic rings. The van der Waals surface area contributed by atoms with Crippen LogP contribution in [0.25, 0.3) is 16.0 Å². The number of unbranched alkanes of at least 4 members (excludes halogenated alkanes) is 2. The van der Waals surface area contributed by atoms with Crippen LogP contribution in [0.4, 0.5) is 13.2 Å². The van der Waals surface area contributed by atoms with E-state index in [1.165, 1.54) is 30.9 Å². The van der Waals surface area contributed by atoms with Crippen molar-refractivity contribution in [3.8, 4) is 16.2 Å². The van der Waals surface area contributed by atoms with Crippen molar-refractivity contribution in [2.24, 2.45) is 5.41 Å². The molecule has 0 spiro atoms. The average Bonchev–Trinajstić information content (AvgIpc) is 4.02. The van der Waals surface area contributed by atoms with Gasteiger partial charge in [-0.05, 0) is 98.6 Å². The fourth-order valence-corrected chi connectivity index (χ4v) is 10.6. The number of nitrogens with one attached hydrogen (secondary N) is 2. The summed E-state index contributed by atoms with van der Waals surface area (Å²) in [4.78, 5) is 49.1. The molecule has 12 nitrogen and oxygen atoms in total. The van der Waals surface area contributed by atoms with Gasteiger partial charge in [0.1, 0.15) is 41.7 Å². The summed E-state index contributed by atoms with van der Waals surface area (Å²) in [6.45, 7) is 13.4. The lowest BCUT2D eigenvalue weighted by molar-refractivity contribution is -0.144. The molecule has 0 saturated carbocycles. The van der Waals surface area contributed by atoms with Crippen LogP contribution in [-0.4, -0.2) is 114 Å². The minimum atomic E-state index is -1.57. The van der Waals surface area contributed by atoms with Crippen LogP contribution in [0.5, 0.6) is 5.75 Å². The lowest BCUT2D eigenvalue weighted by Crippen LogP contribution is -2.58. The largest absolute Gasteiger partial charge is 0.493 e. The van der Waals surface area contributed by atoms with Gasteiger partial charge in [0, 0.05) is 56.4 Å². The van der Waals surface area contributed by atoms with E-state index in [1.54, 1.807) is 16.8 Å². The molecule has 0 bridgehead atoms. The number of fused-ring (bicyclic) bond motifs is 2. The van der Waals surface area contributed by atoms with Gasteiger partial charge in [0.05, 0.1) is 48.0 Å². The van der Waals surface area contributed by atoms with Crippen LogP contribution in [0.1, 0.15) is 108 Å². The lowest BCUT2D eigenvalue weighted by atomic mass is 9.84. The Balaban J connectivity index is 0.804. The molecule has 1 fully saturated rings. The molecular weight excluding hydrogens is 920 g/mol. The van der Waals surface area contributed by atoms with Crippen LogP contribution in [0.15, 0.2) is 71.7 Å². The first-order valence-electron chi connectivity index (χ1n) is 24.4. The fourth-order valence-electron chi connectivity index (χ4n) is 9.79. The van der Waals surface area contributed by atoms with Gasteiger partial charge in [-0.15, -0.1) is 11.3 Å². The topological polar surface area (TPSA) is 143 Å². The molecule has 0 radical (unpaired) electrons. The second-order valence-corrected chi connectivity index (χ2v) is 21.4. The highest BCUT2D eigenvalue weighted by Crippen LogP contribution is 2.50. The molecule has 1 aliphatic carbocycles. The lowest BCUT2D eigenvalue weighted by Gasteiger charge is -2.44. The van der Waals surface area contributed by atoms with Gasteiger partial charge in [-0.3, -0.25) is 19.3 Å². The third-order valence-corrected chi connectivity index (χ3v) is 14.2. The van der Waals surface area contributed by atoms with E-state index < -0.39 is 58.8 Å². The first-order valence-corrected chi connectivity index (χ1v) is 25.2. The van der Waals surface area contributed by atoms with E-state index in [0.717, 1.165) is 50.4 Å². The molecule has 7 rings (SSSR count). The van der Waals surface area contributed by atoms with Crippen molar-refractivity contribution in [3.63, 3.8) is 0 Å². The number of aromatic nitrogens is 1. The minimum Gasteiger partial charge on any atom is -0.493 e. The molecule has 4 aromatic rings. The first kappa shape index (κ1) is 52.7. The van der Waals surface area contributed by atoms with E-state index in [0.29, 0.717) is 32.3 Å². The van der Waals surface area contributed by atoms with Crippen LogP contribution < -0.4 is 15.4 Å². The molecule has 3 amide bonds. The Hall–Kier alpha value is -5.13. The second-order valence-electron chi connectivity index (χ2n) is 20.5. The third kappa shape index (κ3) is 13.0. The number of rotatable bonds is 21. The zero-order chi connectivity index (χ0) is 50.3. The molecule has 3 heterocycles. The van der Waals surface area contributed by atoms with Crippen molar-refractivity contribution in [3.05, 3.63) is 111 Å². The normalized spacial score (nSPS) is 19.8. The number of hydrogen-bond acceptors (Lipinski definition) is 10. The summed E-state index contributed by atoms with van der Waals surface area (Å²) in [6.07, 6.45) is 2.49. The van der Waals surface area contributed by atoms with Crippen molar-refractivity contribution in [1.82, 2.24) is 25.4 Å². The van der Waals surface area contributed by atoms with Gasteiger partial charge in [-0.2, -0.15) is 0 Å². The van der Waals surface area contributed by atoms with Gasteiger partial charge in [0.2, 0.25) is 17.7 Å². The summed E-state index contributed by atoms with van der Waals surface area (Å²) in [7, 11) is 0. The van der Waals surface area contributed by atoms with Crippen LogP contribution in [0.2, 0.25) is 0 Å². The zero-order valence-corrected chi connectivity index (χ0v) is 42.2. The molecular formula is C54H68F3N5O7S. The molecule has 3 N–H and O–H groups in total. The van der Waals surface area contributed by atoms with Crippen molar-refractivity contribution < 1.29 is 46.9 Å². The van der Waals surface area contributed by atoms with Crippen molar-refractivity contribution in [1.29, 1.82) is 0 Å². The number of aryl methyl sites for hydroxylation is 1. The molecule has 1 aromatic heterocycles. The molecule has 70 heavy (non-hydrogen) atoms. The van der Waals surface area contributed by atoms with E-state index in [9.17, 15) is 19.5 Å². The Bertz CT molecular complexity index is 2480. The highest BCUT2D eigenvalue weighted by atomic mass is 32.1. The third-order valence-electron chi connectivity index (χ3n) is 13.2. The summed E-state index contributed by atoms with van der Waals surface area (Å²) in [5, 5.41) is 16.3. The van der Waals surface area contributed by atoms with Crippen LogP contribution >= 0.6 is 11.3 Å². The van der Waals surface area contributed by atoms with Gasteiger partial charge in [-0.1, -0.05) is 69.3 Å². The van der Waals surface area contributed by atoms with Crippen LogP contribution in [-0.2, 0) is 36.8 Å². The van der Waals surface area contributed by atoms with Gasteiger partial charge >= 0.3 is 0 Å². The minimum absolute atomic E-state index is 0.0314. The number of nitrogens with zero attached hydrogens (tertiary/aromatic N) is 3. The van der Waals surface area contributed by atoms with E-state index in [-0.39, 0.29) is 75.7 Å². The average molecular weight is 988 g/mol. The number of carbonyl (C=O) groups is 3. The standard InChI is InChI=1S/C54H68F3N5O7S/c1-33-23-41-40-14-10-9-13-37(40)24-42(41)48(62(33)31-54(6,7)57)47-43(55)26-39(27-44(47)56)69-20-12-8-11-19-67-21-22-68-30-46(64)60-50(53(3,4)5)52(66)61-29-38(63)25-45(61)51(65)58-28-35-15-17-36(18-16-35)49-34(2)59-32-70-49/h9-10,13-18,26-27,32-33,38,45,48,50,63H,8,11-12,19-25,28-31H2,1-7H3,(H,58,65)(H,60,64)/t33-,38-,45+,48+,50-/m1/s1. The van der Waals surface area contributed by atoms with E-state index in [2.05, 4.69) is 21.7 Å².